The largest absolute Gasteiger partial charge is 0.496 e. The number of allylic oxidation sites excluding steroid dienone is 1. The van der Waals surface area contributed by atoms with Gasteiger partial charge in [-0.05, 0) is 30.9 Å². The molecule has 1 aromatic heterocycles. The molecule has 3 rings (SSSR count). The first-order chi connectivity index (χ1) is 15.6. The lowest BCUT2D eigenvalue weighted by atomic mass is 10.1. The van der Waals surface area contributed by atoms with Gasteiger partial charge in [0.2, 0.25) is 5.89 Å². The van der Waals surface area contributed by atoms with Crippen LogP contribution in [0.1, 0.15) is 34.8 Å². The first kappa shape index (κ1) is 24.0. The summed E-state index contributed by atoms with van der Waals surface area (Å²) in [5, 5.41) is 13.0. The number of nitrogens with one attached hydrogen (secondary N) is 1. The number of piperazine rings is 1. The third-order valence-electron chi connectivity index (χ3n) is 5.65. The van der Waals surface area contributed by atoms with Gasteiger partial charge in [0.15, 0.2) is 5.69 Å². The van der Waals surface area contributed by atoms with Crippen LogP contribution in [0.3, 0.4) is 0 Å². The number of benzene rings is 1. The van der Waals surface area contributed by atoms with Gasteiger partial charge in [-0.1, -0.05) is 24.3 Å². The standard InChI is InChI=1S/C24H34N4O4/c1-3-4-8-20(29)16-27-12-14-28(15-13-27)17-23-26-21(18-32-23)24(30)25-11-10-19-7-5-6-9-22(19)31-2/h3,5-7,9,18,20,29H,1,4,8,10-17H2,2H3,(H,25,30)/t20-/m0/s1. The van der Waals surface area contributed by atoms with Crippen LogP contribution in [0.2, 0.25) is 0 Å². The predicted octanol–water partition coefficient (Wildman–Crippen LogP) is 2.10. The van der Waals surface area contributed by atoms with Crippen LogP contribution in [0.15, 0.2) is 47.6 Å². The van der Waals surface area contributed by atoms with Crippen LogP contribution in [0, 0.1) is 0 Å². The highest BCUT2D eigenvalue weighted by atomic mass is 16.5. The minimum atomic E-state index is -0.310. The Bertz CT molecular complexity index is 861. The molecule has 0 unspecified atom stereocenters. The molecule has 2 N–H and O–H groups in total. The number of aromatic nitrogens is 1. The summed E-state index contributed by atoms with van der Waals surface area (Å²) in [7, 11) is 1.64. The van der Waals surface area contributed by atoms with Crippen LogP contribution >= 0.6 is 0 Å². The van der Waals surface area contributed by atoms with E-state index in [0.717, 1.165) is 50.3 Å². The number of aliphatic hydroxyl groups is 1. The summed E-state index contributed by atoms with van der Waals surface area (Å²) in [5.41, 5.74) is 1.34. The van der Waals surface area contributed by atoms with Gasteiger partial charge in [0.1, 0.15) is 12.0 Å². The number of β-amino-alcohol motifs (C(OH)–C–C–N with tert-alkyl or cyclic N) is 1. The minimum Gasteiger partial charge on any atom is -0.496 e. The lowest BCUT2D eigenvalue weighted by Crippen LogP contribution is -2.48. The van der Waals surface area contributed by atoms with Crippen molar-refractivity contribution in [1.82, 2.24) is 20.1 Å². The molecule has 32 heavy (non-hydrogen) atoms. The maximum atomic E-state index is 12.4. The Morgan fingerprint density at radius 2 is 2.06 bits per heavy atom. The number of methoxy groups -OCH3 is 1. The van der Waals surface area contributed by atoms with Crippen molar-refractivity contribution in [3.63, 3.8) is 0 Å². The van der Waals surface area contributed by atoms with Crippen LogP contribution in [-0.4, -0.2) is 78.3 Å². The molecule has 0 saturated carbocycles. The second-order valence-electron chi connectivity index (χ2n) is 8.04. The van der Waals surface area contributed by atoms with Gasteiger partial charge in [0.25, 0.3) is 5.91 Å². The zero-order valence-corrected chi connectivity index (χ0v) is 18.8. The molecule has 1 aliphatic heterocycles. The number of rotatable bonds is 12. The minimum absolute atomic E-state index is 0.242. The van der Waals surface area contributed by atoms with Gasteiger partial charge in [0, 0.05) is 39.3 Å². The number of nitrogens with zero attached hydrogens (tertiary/aromatic N) is 3. The van der Waals surface area contributed by atoms with E-state index in [1.165, 1.54) is 6.26 Å². The highest BCUT2D eigenvalue weighted by Crippen LogP contribution is 2.17. The normalized spacial score (nSPS) is 15.9. The third kappa shape index (κ3) is 7.19. The number of amides is 1. The third-order valence-corrected chi connectivity index (χ3v) is 5.65. The van der Waals surface area contributed by atoms with Gasteiger partial charge in [0.05, 0.1) is 19.8 Å². The molecule has 0 spiro atoms. The fourth-order valence-electron chi connectivity index (χ4n) is 3.82. The molecule has 1 atom stereocenters. The molecule has 0 bridgehead atoms. The van der Waals surface area contributed by atoms with Crippen molar-refractivity contribution in [3.05, 3.63) is 60.3 Å². The van der Waals surface area contributed by atoms with E-state index in [4.69, 9.17) is 9.15 Å². The second-order valence-corrected chi connectivity index (χ2v) is 8.04. The molecular weight excluding hydrogens is 408 g/mol. The number of para-hydroxylation sites is 1. The molecule has 1 amide bonds. The molecular formula is C24H34N4O4. The van der Waals surface area contributed by atoms with E-state index in [1.54, 1.807) is 7.11 Å². The topological polar surface area (TPSA) is 91.1 Å². The maximum absolute atomic E-state index is 12.4. The Morgan fingerprint density at radius 3 is 2.81 bits per heavy atom. The number of carbonyl (C=O) groups is 1. The van der Waals surface area contributed by atoms with Gasteiger partial charge in [-0.15, -0.1) is 6.58 Å². The molecule has 0 radical (unpaired) electrons. The average molecular weight is 443 g/mol. The van der Waals surface area contributed by atoms with Crippen molar-refractivity contribution in [2.45, 2.75) is 31.9 Å². The summed E-state index contributed by atoms with van der Waals surface area (Å²) < 4.78 is 10.9. The van der Waals surface area contributed by atoms with Crippen molar-refractivity contribution >= 4 is 5.91 Å². The van der Waals surface area contributed by atoms with Gasteiger partial charge in [-0.2, -0.15) is 0 Å². The van der Waals surface area contributed by atoms with E-state index in [-0.39, 0.29) is 12.0 Å². The quantitative estimate of drug-likeness (QED) is 0.487. The zero-order valence-electron chi connectivity index (χ0n) is 18.8. The monoisotopic (exact) mass is 442 g/mol. The SMILES string of the molecule is C=CCC[C@H](O)CN1CCN(Cc2nc(C(=O)NCCc3ccccc3OC)co2)CC1. The fraction of sp³-hybridized carbons (Fsp3) is 0.500. The number of hydrogen-bond donors (Lipinski definition) is 2. The molecule has 2 aromatic rings. The molecule has 8 heteroatoms. The fourth-order valence-corrected chi connectivity index (χ4v) is 3.82. The van der Waals surface area contributed by atoms with Crippen molar-refractivity contribution in [2.24, 2.45) is 0 Å². The molecule has 1 fully saturated rings. The summed E-state index contributed by atoms with van der Waals surface area (Å²) >= 11 is 0. The second kappa shape index (κ2) is 12.4. The first-order valence-corrected chi connectivity index (χ1v) is 11.2. The van der Waals surface area contributed by atoms with E-state index in [0.29, 0.717) is 37.6 Å². The molecule has 1 saturated heterocycles. The van der Waals surface area contributed by atoms with E-state index >= 15 is 0 Å². The molecule has 2 heterocycles. The van der Waals surface area contributed by atoms with Crippen LogP contribution < -0.4 is 10.1 Å². The maximum Gasteiger partial charge on any atom is 0.273 e. The summed E-state index contributed by atoms with van der Waals surface area (Å²) in [5.74, 6) is 1.12. The Morgan fingerprint density at radius 1 is 1.31 bits per heavy atom. The number of hydrogen-bond acceptors (Lipinski definition) is 7. The van der Waals surface area contributed by atoms with E-state index in [2.05, 4.69) is 26.7 Å². The molecule has 8 nitrogen and oxygen atoms in total. The van der Waals surface area contributed by atoms with Crippen molar-refractivity contribution < 1.29 is 19.1 Å². The lowest BCUT2D eigenvalue weighted by Gasteiger charge is -2.34. The van der Waals surface area contributed by atoms with E-state index in [9.17, 15) is 9.90 Å². The first-order valence-electron chi connectivity index (χ1n) is 11.2. The molecule has 1 aromatic carbocycles. The highest BCUT2D eigenvalue weighted by molar-refractivity contribution is 5.91. The summed E-state index contributed by atoms with van der Waals surface area (Å²) in [6.07, 6.45) is 5.21. The Kier molecular flexibility index (Phi) is 9.27. The van der Waals surface area contributed by atoms with E-state index in [1.807, 2.05) is 30.3 Å². The van der Waals surface area contributed by atoms with Gasteiger partial charge < -0.3 is 19.6 Å². The Labute approximate surface area is 189 Å². The van der Waals surface area contributed by atoms with Crippen LogP contribution in [0.25, 0.3) is 0 Å². The Hall–Kier alpha value is -2.68. The average Bonchev–Trinajstić information content (AvgIpc) is 3.28. The number of aliphatic hydroxyl groups excluding tert-OH is 1. The number of carbonyl (C=O) groups excluding carboxylic acids is 1. The molecule has 0 aliphatic carbocycles. The van der Waals surface area contributed by atoms with Crippen LogP contribution in [-0.2, 0) is 13.0 Å². The summed E-state index contributed by atoms with van der Waals surface area (Å²) in [6.45, 7) is 8.98. The van der Waals surface area contributed by atoms with Crippen LogP contribution in [0.4, 0.5) is 0 Å². The number of ether oxygens (including phenoxy) is 1. The van der Waals surface area contributed by atoms with E-state index < -0.39 is 0 Å². The van der Waals surface area contributed by atoms with Crippen molar-refractivity contribution in [2.75, 3.05) is 46.4 Å². The molecule has 1 aliphatic rings. The van der Waals surface area contributed by atoms with Gasteiger partial charge in [-0.25, -0.2) is 4.98 Å². The Balaban J connectivity index is 1.39. The zero-order chi connectivity index (χ0) is 22.8. The summed E-state index contributed by atoms with van der Waals surface area (Å²) in [6, 6.07) is 7.77. The highest BCUT2D eigenvalue weighted by Gasteiger charge is 2.21. The van der Waals surface area contributed by atoms with Crippen LogP contribution in [0.5, 0.6) is 5.75 Å². The van der Waals surface area contributed by atoms with Gasteiger partial charge >= 0.3 is 0 Å². The smallest absolute Gasteiger partial charge is 0.273 e. The lowest BCUT2D eigenvalue weighted by molar-refractivity contribution is 0.0642. The predicted molar refractivity (Wildman–Crippen MR) is 123 cm³/mol. The van der Waals surface area contributed by atoms with Crippen molar-refractivity contribution in [3.8, 4) is 5.75 Å². The number of oxazole rings is 1. The van der Waals surface area contributed by atoms with Crippen molar-refractivity contribution in [1.29, 1.82) is 0 Å². The molecule has 174 valence electrons. The van der Waals surface area contributed by atoms with Gasteiger partial charge in [-0.3, -0.25) is 14.6 Å². The summed E-state index contributed by atoms with van der Waals surface area (Å²) in [4.78, 5) is 21.3.